The van der Waals surface area contributed by atoms with Gasteiger partial charge in [0.25, 0.3) is 0 Å². The number of nitrogens with one attached hydrogen (secondary N) is 1. The highest BCUT2D eigenvalue weighted by molar-refractivity contribution is 9.10. The Hall–Kier alpha value is -1.56. The second-order valence-electron chi connectivity index (χ2n) is 2.79. The van der Waals surface area contributed by atoms with Gasteiger partial charge in [-0.2, -0.15) is 5.10 Å². The van der Waals surface area contributed by atoms with Crippen molar-refractivity contribution in [2.45, 2.75) is 0 Å². The number of hydrogen-bond donors (Lipinski definition) is 3. The number of aromatic carboxylic acids is 1. The van der Waals surface area contributed by atoms with E-state index in [9.17, 15) is 4.79 Å². The van der Waals surface area contributed by atoms with Gasteiger partial charge in [-0.25, -0.2) is 4.79 Å². The highest BCUT2D eigenvalue weighted by Crippen LogP contribution is 2.29. The molecule has 0 aliphatic rings. The lowest BCUT2D eigenvalue weighted by Gasteiger charge is -2.03. The molecule has 1 heterocycles. The number of fused-ring (bicyclic) bond motifs is 1. The summed E-state index contributed by atoms with van der Waals surface area (Å²) in [7, 11) is 0. The predicted octanol–water partition coefficient (Wildman–Crippen LogP) is 1.61. The summed E-state index contributed by atoms with van der Waals surface area (Å²) in [5.41, 5.74) is 6.29. The smallest absolute Gasteiger partial charge is 0.340 e. The minimum Gasteiger partial charge on any atom is -0.478 e. The van der Waals surface area contributed by atoms with Crippen molar-refractivity contribution in [3.05, 3.63) is 22.3 Å². The van der Waals surface area contributed by atoms with Crippen LogP contribution in [0.5, 0.6) is 0 Å². The Morgan fingerprint density at radius 1 is 1.64 bits per heavy atom. The maximum absolute atomic E-state index is 10.9. The van der Waals surface area contributed by atoms with E-state index in [2.05, 4.69) is 26.1 Å². The number of aromatic nitrogens is 2. The summed E-state index contributed by atoms with van der Waals surface area (Å²) < 4.78 is 0.726. The third-order valence-electron chi connectivity index (χ3n) is 1.93. The van der Waals surface area contributed by atoms with Gasteiger partial charge in [0.15, 0.2) is 0 Å². The molecule has 0 unspecified atom stereocenters. The molecule has 4 N–H and O–H groups in total. The average Bonchev–Trinajstić information content (AvgIpc) is 2.51. The molecule has 1 aromatic heterocycles. The highest BCUT2D eigenvalue weighted by Gasteiger charge is 2.16. The molecule has 0 aliphatic carbocycles. The van der Waals surface area contributed by atoms with Crippen molar-refractivity contribution < 1.29 is 9.90 Å². The van der Waals surface area contributed by atoms with Crippen LogP contribution in [-0.4, -0.2) is 21.3 Å². The first-order valence-electron chi connectivity index (χ1n) is 3.75. The van der Waals surface area contributed by atoms with Gasteiger partial charge in [0, 0.05) is 15.5 Å². The molecule has 0 spiro atoms. The fraction of sp³-hybridized carbons (Fsp3) is 0. The molecule has 14 heavy (non-hydrogen) atoms. The Balaban J connectivity index is 2.93. The summed E-state index contributed by atoms with van der Waals surface area (Å²) in [6.07, 6.45) is 1.55. The van der Waals surface area contributed by atoms with Gasteiger partial charge >= 0.3 is 5.97 Å². The Morgan fingerprint density at radius 2 is 2.36 bits per heavy atom. The average molecular weight is 256 g/mol. The molecule has 72 valence electrons. The number of carbonyl (C=O) groups is 1. The molecule has 1 aromatic carbocycles. The van der Waals surface area contributed by atoms with E-state index >= 15 is 0 Å². The molecule has 2 rings (SSSR count). The minimum atomic E-state index is -1.07. The molecule has 2 aromatic rings. The number of nitrogen functional groups attached to an aromatic ring is 1. The van der Waals surface area contributed by atoms with Crippen LogP contribution in [0.3, 0.4) is 0 Å². The molecule has 6 heteroatoms. The molecule has 5 nitrogen and oxygen atoms in total. The van der Waals surface area contributed by atoms with Crippen LogP contribution >= 0.6 is 15.9 Å². The Bertz CT molecular complexity index is 521. The molecule has 0 saturated carbocycles. The van der Waals surface area contributed by atoms with Crippen molar-refractivity contribution in [2.75, 3.05) is 5.73 Å². The zero-order valence-corrected chi connectivity index (χ0v) is 8.50. The largest absolute Gasteiger partial charge is 0.478 e. The number of H-pyrrole nitrogens is 1. The van der Waals surface area contributed by atoms with E-state index in [1.54, 1.807) is 12.3 Å². The lowest BCUT2D eigenvalue weighted by Crippen LogP contribution is -2.03. The first-order chi connectivity index (χ1) is 6.61. The molecule has 0 amide bonds. The Morgan fingerprint density at radius 3 is 3.00 bits per heavy atom. The number of carboxylic acid groups (broad SMARTS) is 1. The highest BCUT2D eigenvalue weighted by atomic mass is 79.9. The molecule has 0 fully saturated rings. The quantitative estimate of drug-likeness (QED) is 0.676. The summed E-state index contributed by atoms with van der Waals surface area (Å²) in [6, 6.07) is 1.56. The van der Waals surface area contributed by atoms with Crippen LogP contribution in [0.25, 0.3) is 10.9 Å². The van der Waals surface area contributed by atoms with Gasteiger partial charge in [0.05, 0.1) is 11.7 Å². The number of rotatable bonds is 1. The van der Waals surface area contributed by atoms with Crippen LogP contribution < -0.4 is 5.73 Å². The van der Waals surface area contributed by atoms with Crippen molar-refractivity contribution in [2.24, 2.45) is 0 Å². The van der Waals surface area contributed by atoms with Crippen LogP contribution in [0.2, 0.25) is 0 Å². The zero-order chi connectivity index (χ0) is 10.3. The molecular weight excluding hydrogens is 250 g/mol. The fourth-order valence-corrected chi connectivity index (χ4v) is 1.87. The van der Waals surface area contributed by atoms with Gasteiger partial charge in [0.1, 0.15) is 5.56 Å². The lowest BCUT2D eigenvalue weighted by atomic mass is 10.1. The van der Waals surface area contributed by atoms with Crippen molar-refractivity contribution in [3.63, 3.8) is 0 Å². The van der Waals surface area contributed by atoms with Crippen molar-refractivity contribution in [1.82, 2.24) is 10.2 Å². The zero-order valence-electron chi connectivity index (χ0n) is 6.91. The third kappa shape index (κ3) is 1.15. The summed E-state index contributed by atoms with van der Waals surface area (Å²) >= 11 is 3.28. The van der Waals surface area contributed by atoms with E-state index < -0.39 is 5.97 Å². The second kappa shape index (κ2) is 2.98. The Kier molecular flexibility index (Phi) is 1.92. The van der Waals surface area contributed by atoms with Gasteiger partial charge in [-0.05, 0) is 22.0 Å². The lowest BCUT2D eigenvalue weighted by molar-refractivity contribution is 0.0700. The van der Waals surface area contributed by atoms with E-state index in [1.165, 1.54) is 0 Å². The van der Waals surface area contributed by atoms with E-state index in [0.717, 1.165) is 4.47 Å². The molecule has 0 radical (unpaired) electrons. The second-order valence-corrected chi connectivity index (χ2v) is 3.64. The standard InChI is InChI=1S/C8H6BrN3O2/c9-4-1-5(10)6(8(13)14)7-3(4)2-11-12-7/h1-2H,10H2,(H,11,12)(H,13,14). The number of halogens is 1. The maximum atomic E-state index is 10.9. The van der Waals surface area contributed by atoms with Crippen LogP contribution in [0, 0.1) is 0 Å². The third-order valence-corrected chi connectivity index (χ3v) is 2.59. The summed E-state index contributed by atoms with van der Waals surface area (Å²) in [4.78, 5) is 10.9. The number of anilines is 1. The number of carboxylic acids is 1. The van der Waals surface area contributed by atoms with Gasteiger partial charge in [-0.3, -0.25) is 5.10 Å². The molecule has 0 bridgehead atoms. The minimum absolute atomic E-state index is 0.0562. The van der Waals surface area contributed by atoms with E-state index in [0.29, 0.717) is 10.9 Å². The SMILES string of the molecule is Nc1cc(Br)c2cn[nH]c2c1C(=O)O. The van der Waals surface area contributed by atoms with E-state index in [-0.39, 0.29) is 11.3 Å². The van der Waals surface area contributed by atoms with Crippen LogP contribution in [0.1, 0.15) is 10.4 Å². The number of aromatic amines is 1. The molecule has 0 aliphatic heterocycles. The van der Waals surface area contributed by atoms with Crippen molar-refractivity contribution in [1.29, 1.82) is 0 Å². The summed E-state index contributed by atoms with van der Waals surface area (Å²) in [5.74, 6) is -1.07. The Labute approximate surface area is 87.0 Å². The summed E-state index contributed by atoms with van der Waals surface area (Å²) in [6.45, 7) is 0. The molecule has 0 saturated heterocycles. The molecule has 0 atom stereocenters. The first-order valence-corrected chi connectivity index (χ1v) is 4.55. The van der Waals surface area contributed by atoms with Crippen LogP contribution in [0.4, 0.5) is 5.69 Å². The van der Waals surface area contributed by atoms with Gasteiger partial charge < -0.3 is 10.8 Å². The topological polar surface area (TPSA) is 92.0 Å². The normalized spacial score (nSPS) is 10.6. The number of hydrogen-bond acceptors (Lipinski definition) is 3. The monoisotopic (exact) mass is 255 g/mol. The summed E-state index contributed by atoms with van der Waals surface area (Å²) in [5, 5.41) is 16.0. The van der Waals surface area contributed by atoms with Gasteiger partial charge in [0.2, 0.25) is 0 Å². The van der Waals surface area contributed by atoms with E-state index in [1.807, 2.05) is 0 Å². The predicted molar refractivity (Wildman–Crippen MR) is 55.2 cm³/mol. The van der Waals surface area contributed by atoms with Gasteiger partial charge in [-0.1, -0.05) is 0 Å². The van der Waals surface area contributed by atoms with Crippen LogP contribution in [0.15, 0.2) is 16.7 Å². The first kappa shape index (κ1) is 9.01. The van der Waals surface area contributed by atoms with Crippen LogP contribution in [-0.2, 0) is 0 Å². The van der Waals surface area contributed by atoms with E-state index in [4.69, 9.17) is 10.8 Å². The fourth-order valence-electron chi connectivity index (χ4n) is 1.32. The maximum Gasteiger partial charge on any atom is 0.340 e. The van der Waals surface area contributed by atoms with Gasteiger partial charge in [-0.15, -0.1) is 0 Å². The number of benzene rings is 1. The van der Waals surface area contributed by atoms with Crippen molar-refractivity contribution >= 4 is 38.5 Å². The van der Waals surface area contributed by atoms with Crippen molar-refractivity contribution in [3.8, 4) is 0 Å². The number of nitrogens with two attached hydrogens (primary N) is 1. The number of nitrogens with zero attached hydrogens (tertiary/aromatic N) is 1. The molecular formula is C8H6BrN3O2.